The summed E-state index contributed by atoms with van der Waals surface area (Å²) in [5.74, 6) is 0.786. The van der Waals surface area contributed by atoms with Crippen molar-refractivity contribution in [2.24, 2.45) is 4.99 Å². The van der Waals surface area contributed by atoms with Crippen LogP contribution >= 0.6 is 11.6 Å². The number of hydrogen-bond acceptors (Lipinski definition) is 3. The van der Waals surface area contributed by atoms with Gasteiger partial charge in [0.25, 0.3) is 0 Å². The van der Waals surface area contributed by atoms with Gasteiger partial charge in [0.15, 0.2) is 0 Å². The maximum Gasteiger partial charge on any atom is 0.146 e. The average Bonchev–Trinajstić information content (AvgIpc) is 2.38. The first-order valence-corrected chi connectivity index (χ1v) is 5.92. The molecule has 1 aromatic rings. The minimum atomic E-state index is 0.602. The third-order valence-corrected chi connectivity index (χ3v) is 3.36. The van der Waals surface area contributed by atoms with Crippen molar-refractivity contribution < 1.29 is 0 Å². The molecule has 0 amide bonds. The van der Waals surface area contributed by atoms with Crippen LogP contribution in [0.2, 0.25) is 5.02 Å². The summed E-state index contributed by atoms with van der Waals surface area (Å²) >= 11 is 6.18. The maximum absolute atomic E-state index is 9.18. The minimum Gasteiger partial charge on any atom is -0.325 e. The number of nitriles is 1. The Labute approximate surface area is 105 Å². The van der Waals surface area contributed by atoms with Crippen LogP contribution in [0.5, 0.6) is 0 Å². The standard InChI is InChI=1S/C13H10ClN3/c14-11-3-1-4-12-10(11)7-9(8-15)13-16-5-2-6-17(12)13/h1,3-4,7H,2,5-6H2. The number of rotatable bonds is 0. The molecule has 4 heteroatoms. The lowest BCUT2D eigenvalue weighted by Gasteiger charge is -2.33. The van der Waals surface area contributed by atoms with Crippen molar-refractivity contribution in [3.63, 3.8) is 0 Å². The molecule has 0 atom stereocenters. The molecule has 3 rings (SSSR count). The monoisotopic (exact) mass is 243 g/mol. The molecule has 0 spiro atoms. The highest BCUT2D eigenvalue weighted by molar-refractivity contribution is 6.33. The Hall–Kier alpha value is -1.79. The first kappa shape index (κ1) is 10.4. The summed E-state index contributed by atoms with van der Waals surface area (Å²) in [4.78, 5) is 6.53. The minimum absolute atomic E-state index is 0.602. The van der Waals surface area contributed by atoms with E-state index in [1.54, 1.807) is 0 Å². The van der Waals surface area contributed by atoms with Gasteiger partial charge in [-0.05, 0) is 24.6 Å². The summed E-state index contributed by atoms with van der Waals surface area (Å²) in [6, 6.07) is 8.00. The van der Waals surface area contributed by atoms with Crippen molar-refractivity contribution in [2.75, 3.05) is 18.0 Å². The van der Waals surface area contributed by atoms with Gasteiger partial charge in [0, 0.05) is 23.7 Å². The lowest BCUT2D eigenvalue weighted by atomic mass is 10.0. The number of fused-ring (bicyclic) bond motifs is 3. The second-order valence-electron chi connectivity index (χ2n) is 4.05. The normalized spacial score (nSPS) is 17.5. The van der Waals surface area contributed by atoms with E-state index in [1.165, 1.54) is 0 Å². The van der Waals surface area contributed by atoms with Crippen LogP contribution in [-0.4, -0.2) is 18.9 Å². The molecule has 3 nitrogen and oxygen atoms in total. The Balaban J connectivity index is 2.26. The first-order valence-electron chi connectivity index (χ1n) is 5.54. The third kappa shape index (κ3) is 1.53. The quantitative estimate of drug-likeness (QED) is 0.703. The fraction of sp³-hybridized carbons (Fsp3) is 0.231. The van der Waals surface area contributed by atoms with Crippen molar-refractivity contribution in [2.45, 2.75) is 6.42 Å². The van der Waals surface area contributed by atoms with Crippen LogP contribution in [0.1, 0.15) is 12.0 Å². The Morgan fingerprint density at radius 2 is 2.29 bits per heavy atom. The molecule has 0 N–H and O–H groups in total. The number of halogens is 1. The van der Waals surface area contributed by atoms with E-state index in [0.29, 0.717) is 10.6 Å². The van der Waals surface area contributed by atoms with E-state index in [0.717, 1.165) is 36.6 Å². The van der Waals surface area contributed by atoms with Crippen LogP contribution in [0.3, 0.4) is 0 Å². The van der Waals surface area contributed by atoms with Gasteiger partial charge in [0.1, 0.15) is 11.9 Å². The number of benzene rings is 1. The van der Waals surface area contributed by atoms with Gasteiger partial charge in [-0.25, -0.2) is 0 Å². The van der Waals surface area contributed by atoms with E-state index in [2.05, 4.69) is 16.0 Å². The van der Waals surface area contributed by atoms with Crippen LogP contribution in [0, 0.1) is 11.3 Å². The summed E-state index contributed by atoms with van der Waals surface area (Å²) < 4.78 is 0. The lowest BCUT2D eigenvalue weighted by molar-refractivity contribution is 0.789. The third-order valence-electron chi connectivity index (χ3n) is 3.03. The maximum atomic E-state index is 9.18. The van der Waals surface area contributed by atoms with Crippen molar-refractivity contribution in [3.8, 4) is 6.07 Å². The van der Waals surface area contributed by atoms with Crippen molar-refractivity contribution >= 4 is 29.2 Å². The lowest BCUT2D eigenvalue weighted by Crippen LogP contribution is -2.38. The molecule has 0 aliphatic carbocycles. The highest BCUT2D eigenvalue weighted by Gasteiger charge is 2.27. The van der Waals surface area contributed by atoms with Crippen LogP contribution in [0.15, 0.2) is 28.8 Å². The zero-order chi connectivity index (χ0) is 11.8. The van der Waals surface area contributed by atoms with E-state index >= 15 is 0 Å². The molecule has 0 unspecified atom stereocenters. The van der Waals surface area contributed by atoms with Crippen molar-refractivity contribution in [1.82, 2.24) is 0 Å². The molecule has 1 aromatic carbocycles. The fourth-order valence-electron chi connectivity index (χ4n) is 2.27. The molecule has 0 fully saturated rings. The Bertz CT molecular complexity index is 581. The molecule has 2 heterocycles. The molecule has 0 saturated heterocycles. The molecule has 2 aliphatic rings. The van der Waals surface area contributed by atoms with Crippen molar-refractivity contribution in [3.05, 3.63) is 34.4 Å². The predicted octanol–water partition coefficient (Wildman–Crippen LogP) is 2.87. The summed E-state index contributed by atoms with van der Waals surface area (Å²) in [7, 11) is 0. The van der Waals surface area contributed by atoms with Gasteiger partial charge in [-0.2, -0.15) is 5.26 Å². The zero-order valence-electron chi connectivity index (χ0n) is 9.15. The summed E-state index contributed by atoms with van der Waals surface area (Å²) in [5, 5.41) is 9.86. The van der Waals surface area contributed by atoms with Gasteiger partial charge < -0.3 is 4.90 Å². The average molecular weight is 244 g/mol. The Morgan fingerprint density at radius 1 is 1.41 bits per heavy atom. The fourth-order valence-corrected chi connectivity index (χ4v) is 2.49. The number of aliphatic imine (C=N–C) groups is 1. The van der Waals surface area contributed by atoms with Crippen LogP contribution in [-0.2, 0) is 0 Å². The van der Waals surface area contributed by atoms with E-state index in [1.807, 2.05) is 24.3 Å². The first-order chi connectivity index (χ1) is 8.31. The highest BCUT2D eigenvalue weighted by atomic mass is 35.5. The molecular weight excluding hydrogens is 234 g/mol. The van der Waals surface area contributed by atoms with Crippen LogP contribution in [0.25, 0.3) is 6.08 Å². The molecular formula is C13H10ClN3. The number of amidine groups is 1. The number of nitrogens with zero attached hydrogens (tertiary/aromatic N) is 3. The van der Waals surface area contributed by atoms with Gasteiger partial charge in [0.05, 0.1) is 11.3 Å². The smallest absolute Gasteiger partial charge is 0.146 e. The van der Waals surface area contributed by atoms with Gasteiger partial charge in [-0.3, -0.25) is 4.99 Å². The topological polar surface area (TPSA) is 39.4 Å². The zero-order valence-corrected chi connectivity index (χ0v) is 9.91. The molecule has 0 bridgehead atoms. The van der Waals surface area contributed by atoms with Gasteiger partial charge in [-0.1, -0.05) is 17.7 Å². The van der Waals surface area contributed by atoms with E-state index in [-0.39, 0.29) is 0 Å². The summed E-state index contributed by atoms with van der Waals surface area (Å²) in [5.41, 5.74) is 2.58. The van der Waals surface area contributed by atoms with Gasteiger partial charge in [-0.15, -0.1) is 0 Å². The molecule has 0 saturated carbocycles. The van der Waals surface area contributed by atoms with Crippen molar-refractivity contribution in [1.29, 1.82) is 5.26 Å². The number of hydrogen-bond donors (Lipinski definition) is 0. The van der Waals surface area contributed by atoms with Gasteiger partial charge in [0.2, 0.25) is 0 Å². The Kier molecular flexibility index (Phi) is 2.38. The van der Waals surface area contributed by atoms with Crippen LogP contribution in [0.4, 0.5) is 5.69 Å². The van der Waals surface area contributed by atoms with E-state index in [9.17, 15) is 5.26 Å². The molecule has 0 radical (unpaired) electrons. The Morgan fingerprint density at radius 3 is 3.12 bits per heavy atom. The number of anilines is 1. The van der Waals surface area contributed by atoms with E-state index in [4.69, 9.17) is 11.6 Å². The van der Waals surface area contributed by atoms with E-state index < -0.39 is 0 Å². The second kappa shape index (κ2) is 3.90. The predicted molar refractivity (Wildman–Crippen MR) is 69.3 cm³/mol. The largest absolute Gasteiger partial charge is 0.325 e. The van der Waals surface area contributed by atoms with Crippen LogP contribution < -0.4 is 4.90 Å². The molecule has 2 aliphatic heterocycles. The SMILES string of the molecule is N#CC1=Cc2c(Cl)cccc2N2CCCN=C12. The second-order valence-corrected chi connectivity index (χ2v) is 4.46. The molecule has 0 aromatic heterocycles. The molecule has 84 valence electrons. The van der Waals surface area contributed by atoms with Gasteiger partial charge >= 0.3 is 0 Å². The molecule has 17 heavy (non-hydrogen) atoms. The summed E-state index contributed by atoms with van der Waals surface area (Å²) in [6.45, 7) is 1.69. The summed E-state index contributed by atoms with van der Waals surface area (Å²) in [6.07, 6.45) is 2.84. The highest BCUT2D eigenvalue weighted by Crippen LogP contribution is 2.35.